The Balaban J connectivity index is 2.10. The lowest BCUT2D eigenvalue weighted by Gasteiger charge is -2.14. The predicted octanol–water partition coefficient (Wildman–Crippen LogP) is 1.47. The van der Waals surface area contributed by atoms with E-state index in [-0.39, 0.29) is 6.10 Å². The van der Waals surface area contributed by atoms with Crippen molar-refractivity contribution in [1.29, 1.82) is 0 Å². The topological polar surface area (TPSA) is 69.7 Å². The standard InChI is InChI=1S/C14H18O5S/c1-10-14(7-8-19-10)20(16,17)9-13(15)11-3-5-12(18-2)6-4-11/h3-6,10,14H,7-9H2,1-2H3. The van der Waals surface area contributed by atoms with Crippen LogP contribution >= 0.6 is 0 Å². The summed E-state index contributed by atoms with van der Waals surface area (Å²) in [7, 11) is -1.95. The molecule has 6 heteroatoms. The van der Waals surface area contributed by atoms with Gasteiger partial charge in [-0.2, -0.15) is 0 Å². The van der Waals surface area contributed by atoms with Gasteiger partial charge in [0.25, 0.3) is 0 Å². The van der Waals surface area contributed by atoms with Gasteiger partial charge in [-0.05, 0) is 37.6 Å². The number of Topliss-reactive ketones (excluding diaryl/α,β-unsaturated/α-hetero) is 1. The maximum atomic E-state index is 12.2. The summed E-state index contributed by atoms with van der Waals surface area (Å²) in [6, 6.07) is 6.43. The molecule has 5 nitrogen and oxygen atoms in total. The van der Waals surface area contributed by atoms with E-state index in [1.165, 1.54) is 7.11 Å². The van der Waals surface area contributed by atoms with Gasteiger partial charge in [0.2, 0.25) is 0 Å². The van der Waals surface area contributed by atoms with Gasteiger partial charge in [-0.15, -0.1) is 0 Å². The van der Waals surface area contributed by atoms with Crippen LogP contribution in [-0.4, -0.2) is 45.0 Å². The number of methoxy groups -OCH3 is 1. The van der Waals surface area contributed by atoms with Crippen molar-refractivity contribution in [1.82, 2.24) is 0 Å². The SMILES string of the molecule is COc1ccc(C(=O)CS(=O)(=O)C2CCOC2C)cc1. The van der Waals surface area contributed by atoms with Gasteiger partial charge in [0, 0.05) is 12.2 Å². The van der Waals surface area contributed by atoms with Crippen LogP contribution in [0.15, 0.2) is 24.3 Å². The largest absolute Gasteiger partial charge is 0.497 e. The van der Waals surface area contributed by atoms with Crippen molar-refractivity contribution in [3.05, 3.63) is 29.8 Å². The van der Waals surface area contributed by atoms with E-state index < -0.39 is 26.6 Å². The van der Waals surface area contributed by atoms with Crippen LogP contribution in [-0.2, 0) is 14.6 Å². The first kappa shape index (κ1) is 15.0. The number of ether oxygens (including phenoxy) is 2. The Morgan fingerprint density at radius 1 is 1.35 bits per heavy atom. The van der Waals surface area contributed by atoms with Crippen LogP contribution in [0.3, 0.4) is 0 Å². The van der Waals surface area contributed by atoms with E-state index in [0.717, 1.165) is 0 Å². The van der Waals surface area contributed by atoms with Crippen molar-refractivity contribution >= 4 is 15.6 Å². The summed E-state index contributed by atoms with van der Waals surface area (Å²) in [6.07, 6.45) is 0.114. The summed E-state index contributed by atoms with van der Waals surface area (Å²) in [5, 5.41) is -0.579. The molecule has 0 radical (unpaired) electrons. The van der Waals surface area contributed by atoms with Crippen LogP contribution in [0, 0.1) is 0 Å². The fourth-order valence-corrected chi connectivity index (χ4v) is 4.20. The zero-order valence-electron chi connectivity index (χ0n) is 11.5. The molecule has 0 aliphatic carbocycles. The van der Waals surface area contributed by atoms with Gasteiger partial charge in [-0.1, -0.05) is 0 Å². The summed E-state index contributed by atoms with van der Waals surface area (Å²) >= 11 is 0. The van der Waals surface area contributed by atoms with Gasteiger partial charge in [0.1, 0.15) is 11.5 Å². The molecular formula is C14H18O5S. The molecule has 1 aliphatic rings. The maximum Gasteiger partial charge on any atom is 0.177 e. The molecule has 110 valence electrons. The first-order chi connectivity index (χ1) is 9.44. The monoisotopic (exact) mass is 298 g/mol. The number of hydrogen-bond acceptors (Lipinski definition) is 5. The van der Waals surface area contributed by atoms with Gasteiger partial charge in [-0.25, -0.2) is 8.42 Å². The minimum atomic E-state index is -3.48. The predicted molar refractivity (Wildman–Crippen MR) is 74.9 cm³/mol. The molecule has 0 aromatic heterocycles. The second-order valence-corrected chi connectivity index (χ2v) is 7.08. The van der Waals surface area contributed by atoms with Crippen LogP contribution in [0.25, 0.3) is 0 Å². The summed E-state index contributed by atoms with van der Waals surface area (Å²) in [5.41, 5.74) is 0.376. The number of benzene rings is 1. The first-order valence-corrected chi connectivity index (χ1v) is 8.16. The highest BCUT2D eigenvalue weighted by atomic mass is 32.2. The summed E-state index contributed by atoms with van der Waals surface area (Å²) < 4.78 is 34.7. The third kappa shape index (κ3) is 3.19. The smallest absolute Gasteiger partial charge is 0.177 e. The van der Waals surface area contributed by atoms with Crippen LogP contribution < -0.4 is 4.74 Å². The van der Waals surface area contributed by atoms with Crippen LogP contribution in [0.4, 0.5) is 0 Å². The molecule has 0 amide bonds. The van der Waals surface area contributed by atoms with Gasteiger partial charge >= 0.3 is 0 Å². The van der Waals surface area contributed by atoms with Crippen LogP contribution in [0.5, 0.6) is 5.75 Å². The molecule has 0 N–H and O–H groups in total. The van der Waals surface area contributed by atoms with Crippen molar-refractivity contribution in [2.24, 2.45) is 0 Å². The van der Waals surface area contributed by atoms with E-state index in [1.54, 1.807) is 31.2 Å². The van der Waals surface area contributed by atoms with Crippen molar-refractivity contribution < 1.29 is 22.7 Å². The van der Waals surface area contributed by atoms with E-state index in [2.05, 4.69) is 0 Å². The van der Waals surface area contributed by atoms with Gasteiger partial charge < -0.3 is 9.47 Å². The molecule has 1 aliphatic heterocycles. The average Bonchev–Trinajstić information content (AvgIpc) is 2.85. The van der Waals surface area contributed by atoms with Gasteiger partial charge in [-0.3, -0.25) is 4.79 Å². The highest BCUT2D eigenvalue weighted by molar-refractivity contribution is 7.92. The van der Waals surface area contributed by atoms with E-state index in [9.17, 15) is 13.2 Å². The van der Waals surface area contributed by atoms with E-state index in [4.69, 9.17) is 9.47 Å². The number of hydrogen-bond donors (Lipinski definition) is 0. The Kier molecular flexibility index (Phi) is 4.45. The summed E-state index contributed by atoms with van der Waals surface area (Å²) in [4.78, 5) is 12.1. The summed E-state index contributed by atoms with van der Waals surface area (Å²) in [5.74, 6) is -0.244. The molecule has 0 bridgehead atoms. The van der Waals surface area contributed by atoms with Crippen molar-refractivity contribution in [2.75, 3.05) is 19.5 Å². The first-order valence-electron chi connectivity index (χ1n) is 6.44. The second kappa shape index (κ2) is 5.93. The van der Waals surface area contributed by atoms with Gasteiger partial charge in [0.15, 0.2) is 15.6 Å². The Hall–Kier alpha value is -1.40. The number of rotatable bonds is 5. The third-order valence-corrected chi connectivity index (χ3v) is 5.72. The molecule has 2 rings (SSSR count). The lowest BCUT2D eigenvalue weighted by Crippen LogP contribution is -2.32. The highest BCUT2D eigenvalue weighted by Crippen LogP contribution is 2.22. The molecule has 2 unspecified atom stereocenters. The quantitative estimate of drug-likeness (QED) is 0.770. The van der Waals surface area contributed by atoms with E-state index in [1.807, 2.05) is 0 Å². The molecule has 1 aromatic carbocycles. The molecule has 0 spiro atoms. The maximum absolute atomic E-state index is 12.2. The molecule has 2 atom stereocenters. The molecule has 1 aromatic rings. The molecular weight excluding hydrogens is 280 g/mol. The lowest BCUT2D eigenvalue weighted by atomic mass is 10.1. The average molecular weight is 298 g/mol. The van der Waals surface area contributed by atoms with Crippen LogP contribution in [0.1, 0.15) is 23.7 Å². The van der Waals surface area contributed by atoms with Gasteiger partial charge in [0.05, 0.1) is 18.5 Å². The zero-order valence-corrected chi connectivity index (χ0v) is 12.4. The fourth-order valence-electron chi connectivity index (χ4n) is 2.33. The Morgan fingerprint density at radius 3 is 2.50 bits per heavy atom. The Morgan fingerprint density at radius 2 is 2.00 bits per heavy atom. The second-order valence-electron chi connectivity index (χ2n) is 4.86. The molecule has 0 saturated carbocycles. The van der Waals surface area contributed by atoms with Crippen molar-refractivity contribution in [2.45, 2.75) is 24.7 Å². The van der Waals surface area contributed by atoms with Crippen LogP contribution in [0.2, 0.25) is 0 Å². The number of ketones is 1. The molecule has 1 heterocycles. The lowest BCUT2D eigenvalue weighted by molar-refractivity contribution is 0.102. The third-order valence-electron chi connectivity index (χ3n) is 3.51. The number of carbonyl (C=O) groups is 1. The van der Waals surface area contributed by atoms with E-state index >= 15 is 0 Å². The normalized spacial score (nSPS) is 22.7. The van der Waals surface area contributed by atoms with Crippen molar-refractivity contribution in [3.8, 4) is 5.75 Å². The Bertz CT molecular complexity index is 576. The minimum absolute atomic E-state index is 0.344. The van der Waals surface area contributed by atoms with Crippen molar-refractivity contribution in [3.63, 3.8) is 0 Å². The highest BCUT2D eigenvalue weighted by Gasteiger charge is 2.36. The summed E-state index contributed by atoms with van der Waals surface area (Å²) in [6.45, 7) is 2.16. The number of carbonyl (C=O) groups excluding carboxylic acids is 1. The fraction of sp³-hybridized carbons (Fsp3) is 0.500. The van der Waals surface area contributed by atoms with E-state index in [0.29, 0.717) is 24.3 Å². The molecule has 1 fully saturated rings. The number of sulfone groups is 1. The molecule has 20 heavy (non-hydrogen) atoms. The zero-order chi connectivity index (χ0) is 14.8. The minimum Gasteiger partial charge on any atom is -0.497 e. The molecule has 1 saturated heterocycles. The Labute approximate surface area is 118 Å².